The van der Waals surface area contributed by atoms with Crippen molar-refractivity contribution in [3.05, 3.63) is 71.5 Å². The van der Waals surface area contributed by atoms with Crippen LogP contribution in [0.2, 0.25) is 0 Å². The molecule has 1 saturated heterocycles. The average Bonchev–Trinajstić information content (AvgIpc) is 3.19. The van der Waals surface area contributed by atoms with Crippen LogP contribution in [-0.2, 0) is 16.4 Å². The van der Waals surface area contributed by atoms with Gasteiger partial charge in [-0.2, -0.15) is 5.10 Å². The molecule has 0 unspecified atom stereocenters. The number of aromatic nitrogens is 2. The van der Waals surface area contributed by atoms with E-state index in [4.69, 9.17) is 0 Å². The van der Waals surface area contributed by atoms with Gasteiger partial charge in [0.25, 0.3) is 5.91 Å². The van der Waals surface area contributed by atoms with Gasteiger partial charge in [0.2, 0.25) is 0 Å². The van der Waals surface area contributed by atoms with Gasteiger partial charge in [0.15, 0.2) is 5.69 Å². The molecule has 1 N–H and O–H groups in total. The summed E-state index contributed by atoms with van der Waals surface area (Å²) >= 11 is 0. The summed E-state index contributed by atoms with van der Waals surface area (Å²) in [7, 11) is -3.04. The monoisotopic (exact) mass is 536 g/mol. The number of nitrogens with one attached hydrogen (secondary N) is 1. The Morgan fingerprint density at radius 2 is 1.78 bits per heavy atom. The SMILES string of the molecule is Cc1cc(C(=O)Nc2ccc(OC(F)(F)F)cc2)nn1Cc1cccc(N2CCC(S(C)(=O)=O)CC2)c1. The van der Waals surface area contributed by atoms with E-state index in [1.807, 2.05) is 31.2 Å². The highest BCUT2D eigenvalue weighted by Gasteiger charge is 2.31. The minimum atomic E-state index is -4.79. The topological polar surface area (TPSA) is 93.5 Å². The van der Waals surface area contributed by atoms with Crippen molar-refractivity contribution in [1.29, 1.82) is 0 Å². The van der Waals surface area contributed by atoms with Crippen LogP contribution in [0.25, 0.3) is 0 Å². The molecule has 0 spiro atoms. The van der Waals surface area contributed by atoms with Gasteiger partial charge in [0.1, 0.15) is 15.6 Å². The molecular weight excluding hydrogens is 509 g/mol. The summed E-state index contributed by atoms with van der Waals surface area (Å²) in [6.45, 7) is 3.58. The average molecular weight is 537 g/mol. The number of halogens is 3. The largest absolute Gasteiger partial charge is 0.573 e. The van der Waals surface area contributed by atoms with Crippen molar-refractivity contribution in [3.8, 4) is 5.75 Å². The number of sulfone groups is 1. The number of amides is 1. The van der Waals surface area contributed by atoms with E-state index in [1.54, 1.807) is 10.7 Å². The number of hydrogen-bond donors (Lipinski definition) is 1. The van der Waals surface area contributed by atoms with Gasteiger partial charge in [-0.3, -0.25) is 9.48 Å². The van der Waals surface area contributed by atoms with Crippen molar-refractivity contribution in [2.75, 3.05) is 29.6 Å². The summed E-state index contributed by atoms with van der Waals surface area (Å²) in [5.74, 6) is -0.874. The normalized spacial score (nSPS) is 15.0. The molecule has 3 aromatic rings. The Balaban J connectivity index is 1.39. The minimum Gasteiger partial charge on any atom is -0.406 e. The van der Waals surface area contributed by atoms with Crippen molar-refractivity contribution >= 4 is 27.1 Å². The molecule has 1 aromatic heterocycles. The second-order valence-corrected chi connectivity index (χ2v) is 11.4. The summed E-state index contributed by atoms with van der Waals surface area (Å²) in [4.78, 5) is 14.8. The molecule has 0 saturated carbocycles. The van der Waals surface area contributed by atoms with Gasteiger partial charge in [-0.15, -0.1) is 13.2 Å². The third kappa shape index (κ3) is 7.03. The minimum absolute atomic E-state index is 0.173. The van der Waals surface area contributed by atoms with Crippen LogP contribution in [0.5, 0.6) is 5.75 Å². The number of piperidine rings is 1. The highest BCUT2D eigenvalue weighted by molar-refractivity contribution is 7.91. The van der Waals surface area contributed by atoms with Crippen LogP contribution < -0.4 is 15.0 Å². The summed E-state index contributed by atoms with van der Waals surface area (Å²) in [5.41, 5.74) is 3.22. The highest BCUT2D eigenvalue weighted by atomic mass is 32.2. The maximum absolute atomic E-state index is 12.7. The van der Waals surface area contributed by atoms with Crippen molar-refractivity contribution in [2.24, 2.45) is 0 Å². The van der Waals surface area contributed by atoms with Crippen molar-refractivity contribution in [1.82, 2.24) is 9.78 Å². The fraction of sp³-hybridized carbons (Fsp3) is 0.360. The highest BCUT2D eigenvalue weighted by Crippen LogP contribution is 2.26. The van der Waals surface area contributed by atoms with E-state index in [0.29, 0.717) is 38.2 Å². The Morgan fingerprint density at radius 1 is 1.11 bits per heavy atom. The molecule has 1 aliphatic rings. The second kappa shape index (κ2) is 10.4. The zero-order chi connectivity index (χ0) is 26.8. The van der Waals surface area contributed by atoms with Crippen LogP contribution in [0, 0.1) is 6.92 Å². The number of hydrogen-bond acceptors (Lipinski definition) is 6. The van der Waals surface area contributed by atoms with E-state index in [2.05, 4.69) is 20.1 Å². The van der Waals surface area contributed by atoms with Gasteiger partial charge in [0, 0.05) is 36.4 Å². The summed E-state index contributed by atoms with van der Waals surface area (Å²) in [5, 5.41) is 6.72. The molecule has 198 valence electrons. The lowest BCUT2D eigenvalue weighted by atomic mass is 10.1. The lowest BCUT2D eigenvalue weighted by Gasteiger charge is -2.33. The Hall–Kier alpha value is -3.54. The molecule has 8 nitrogen and oxygen atoms in total. The maximum Gasteiger partial charge on any atom is 0.573 e. The molecule has 0 aliphatic carbocycles. The predicted molar refractivity (Wildman–Crippen MR) is 134 cm³/mol. The first-order chi connectivity index (χ1) is 17.4. The molecule has 1 aliphatic heterocycles. The Bertz CT molecular complexity index is 1360. The molecule has 1 amide bonds. The molecule has 0 bridgehead atoms. The third-order valence-electron chi connectivity index (χ3n) is 6.22. The van der Waals surface area contributed by atoms with Crippen LogP contribution in [0.15, 0.2) is 54.6 Å². The van der Waals surface area contributed by atoms with Crippen molar-refractivity contribution in [2.45, 2.75) is 37.9 Å². The summed E-state index contributed by atoms with van der Waals surface area (Å²) in [6.07, 6.45) is -2.31. The van der Waals surface area contributed by atoms with Gasteiger partial charge in [0.05, 0.1) is 11.8 Å². The number of anilines is 2. The Kier molecular flexibility index (Phi) is 7.49. The number of nitrogens with zero attached hydrogens (tertiary/aromatic N) is 3. The van der Waals surface area contributed by atoms with E-state index in [0.717, 1.165) is 29.1 Å². The van der Waals surface area contributed by atoms with Crippen LogP contribution in [0.4, 0.5) is 24.5 Å². The Morgan fingerprint density at radius 3 is 2.41 bits per heavy atom. The lowest BCUT2D eigenvalue weighted by Crippen LogP contribution is -2.39. The van der Waals surface area contributed by atoms with Gasteiger partial charge in [-0.05, 0) is 67.8 Å². The maximum atomic E-state index is 12.7. The van der Waals surface area contributed by atoms with Gasteiger partial charge >= 0.3 is 6.36 Å². The van der Waals surface area contributed by atoms with Crippen LogP contribution >= 0.6 is 0 Å². The van der Waals surface area contributed by atoms with Crippen LogP contribution in [0.1, 0.15) is 34.6 Å². The molecule has 4 rings (SSSR count). The first-order valence-electron chi connectivity index (χ1n) is 11.6. The quantitative estimate of drug-likeness (QED) is 0.481. The molecular formula is C25H27F3N4O4S. The molecule has 12 heteroatoms. The fourth-order valence-corrected chi connectivity index (χ4v) is 5.35. The molecule has 0 radical (unpaired) electrons. The lowest BCUT2D eigenvalue weighted by molar-refractivity contribution is -0.274. The van der Waals surface area contributed by atoms with E-state index >= 15 is 0 Å². The standard InChI is InChI=1S/C25H27F3N4O4S/c1-17-14-23(24(33)29-19-6-8-21(9-7-19)36-25(26,27)28)30-32(17)16-18-4-3-5-20(15-18)31-12-10-22(11-13-31)37(2,34)35/h3-9,14-15,22H,10-13,16H2,1-2H3,(H,29,33). The van der Waals surface area contributed by atoms with Gasteiger partial charge in [-0.25, -0.2) is 8.42 Å². The van der Waals surface area contributed by atoms with Gasteiger partial charge in [-0.1, -0.05) is 12.1 Å². The van der Waals surface area contributed by atoms with Crippen LogP contribution in [0.3, 0.4) is 0 Å². The van der Waals surface area contributed by atoms with Crippen LogP contribution in [-0.4, -0.2) is 55.1 Å². The summed E-state index contributed by atoms with van der Waals surface area (Å²) < 4.78 is 66.1. The number of ether oxygens (including phenoxy) is 1. The molecule has 1 fully saturated rings. The molecule has 2 aromatic carbocycles. The summed E-state index contributed by atoms with van der Waals surface area (Å²) in [6, 6.07) is 14.4. The number of aryl methyl sites for hydroxylation is 1. The third-order valence-corrected chi connectivity index (χ3v) is 7.90. The van der Waals surface area contributed by atoms with E-state index in [9.17, 15) is 26.4 Å². The second-order valence-electron chi connectivity index (χ2n) is 9.04. The van der Waals surface area contributed by atoms with Crippen molar-refractivity contribution < 1.29 is 31.1 Å². The Labute approximate surface area is 213 Å². The van der Waals surface area contributed by atoms with Gasteiger partial charge < -0.3 is 15.0 Å². The zero-order valence-electron chi connectivity index (χ0n) is 20.3. The number of rotatable bonds is 7. The molecule has 37 heavy (non-hydrogen) atoms. The first-order valence-corrected chi connectivity index (χ1v) is 13.6. The number of benzene rings is 2. The number of alkyl halides is 3. The number of carbonyl (C=O) groups is 1. The van der Waals surface area contributed by atoms with E-state index in [-0.39, 0.29) is 16.7 Å². The zero-order valence-corrected chi connectivity index (χ0v) is 21.1. The number of carbonyl (C=O) groups excluding carboxylic acids is 1. The first kappa shape index (κ1) is 26.5. The van der Waals surface area contributed by atoms with E-state index in [1.165, 1.54) is 18.4 Å². The molecule has 2 heterocycles. The van der Waals surface area contributed by atoms with E-state index < -0.39 is 22.1 Å². The smallest absolute Gasteiger partial charge is 0.406 e. The van der Waals surface area contributed by atoms with Crippen molar-refractivity contribution in [3.63, 3.8) is 0 Å². The fourth-order valence-electron chi connectivity index (χ4n) is 4.28. The molecule has 0 atom stereocenters. The predicted octanol–water partition coefficient (Wildman–Crippen LogP) is 4.40.